The van der Waals surface area contributed by atoms with E-state index < -0.39 is 40.0 Å². The normalized spacial score (nSPS) is 10.4. The van der Waals surface area contributed by atoms with Crippen LogP contribution in [-0.4, -0.2) is 23.0 Å². The largest absolute Gasteiger partial charge is 0.465 e. The minimum Gasteiger partial charge on any atom is -0.465 e. The van der Waals surface area contributed by atoms with Crippen molar-refractivity contribution >= 4 is 17.5 Å². The topological polar surface area (TPSA) is 108 Å². The number of carbonyl (C=O) groups is 1. The number of nitrogens with two attached hydrogens (primary N) is 1. The van der Waals surface area contributed by atoms with Crippen LogP contribution < -0.4 is 5.73 Å². The quantitative estimate of drug-likeness (QED) is 0.489. The van der Waals surface area contributed by atoms with Crippen molar-refractivity contribution in [2.45, 2.75) is 6.43 Å². The van der Waals surface area contributed by atoms with Crippen molar-refractivity contribution in [1.29, 1.82) is 0 Å². The summed E-state index contributed by atoms with van der Waals surface area (Å²) in [4.78, 5) is 24.0. The van der Waals surface area contributed by atoms with Gasteiger partial charge in [-0.25, -0.2) is 13.6 Å². The zero-order valence-electron chi connectivity index (χ0n) is 8.52. The van der Waals surface area contributed by atoms with Gasteiger partial charge in [-0.05, 0) is 9.91 Å². The standard InChI is InChI=1S/C8H7F2N3O4/c1-17-8(14)5-4(6(9)10)3(11)2-12-7(5)13(15)16/h2,6H,11H2,1H3. The first kappa shape index (κ1) is 12.7. The molecule has 17 heavy (non-hydrogen) atoms. The van der Waals surface area contributed by atoms with E-state index in [2.05, 4.69) is 9.72 Å². The molecule has 0 fully saturated rings. The van der Waals surface area contributed by atoms with E-state index in [1.54, 1.807) is 0 Å². The third-order valence-electron chi connectivity index (χ3n) is 1.91. The second-order valence-electron chi connectivity index (χ2n) is 2.88. The van der Waals surface area contributed by atoms with E-state index in [1.807, 2.05) is 0 Å². The smallest absolute Gasteiger partial charge is 0.378 e. The monoisotopic (exact) mass is 247 g/mol. The maximum absolute atomic E-state index is 12.7. The number of rotatable bonds is 3. The molecule has 0 unspecified atom stereocenters. The van der Waals surface area contributed by atoms with E-state index in [4.69, 9.17) is 5.73 Å². The summed E-state index contributed by atoms with van der Waals surface area (Å²) in [6.45, 7) is 0. The number of nitrogens with zero attached hydrogens (tertiary/aromatic N) is 2. The minimum atomic E-state index is -3.15. The average Bonchev–Trinajstić information content (AvgIpc) is 2.26. The van der Waals surface area contributed by atoms with Crippen LogP contribution in [0.15, 0.2) is 6.20 Å². The van der Waals surface area contributed by atoms with Crippen LogP contribution in [0.25, 0.3) is 0 Å². The molecule has 0 atom stereocenters. The highest BCUT2D eigenvalue weighted by atomic mass is 19.3. The maximum Gasteiger partial charge on any atom is 0.378 e. The van der Waals surface area contributed by atoms with E-state index in [1.165, 1.54) is 0 Å². The van der Waals surface area contributed by atoms with Gasteiger partial charge in [-0.15, -0.1) is 0 Å². The molecular formula is C8H7F2N3O4. The van der Waals surface area contributed by atoms with Crippen LogP contribution in [0, 0.1) is 10.1 Å². The fourth-order valence-corrected chi connectivity index (χ4v) is 1.21. The highest BCUT2D eigenvalue weighted by Crippen LogP contribution is 2.33. The summed E-state index contributed by atoms with van der Waals surface area (Å²) in [6.07, 6.45) is -2.45. The fraction of sp³-hybridized carbons (Fsp3) is 0.250. The Morgan fingerprint density at radius 3 is 2.65 bits per heavy atom. The fourth-order valence-electron chi connectivity index (χ4n) is 1.21. The number of carbonyl (C=O) groups excluding carboxylic acids is 1. The lowest BCUT2D eigenvalue weighted by Crippen LogP contribution is -2.13. The molecule has 0 saturated heterocycles. The summed E-state index contributed by atoms with van der Waals surface area (Å²) < 4.78 is 29.6. The van der Waals surface area contributed by atoms with E-state index in [9.17, 15) is 23.7 Å². The number of nitrogen functional groups attached to an aromatic ring is 1. The number of alkyl halides is 2. The zero-order chi connectivity index (χ0) is 13.2. The maximum atomic E-state index is 12.7. The van der Waals surface area contributed by atoms with Crippen LogP contribution in [-0.2, 0) is 4.74 Å². The zero-order valence-corrected chi connectivity index (χ0v) is 8.52. The van der Waals surface area contributed by atoms with Gasteiger partial charge >= 0.3 is 11.8 Å². The third-order valence-corrected chi connectivity index (χ3v) is 1.91. The van der Waals surface area contributed by atoms with Crippen LogP contribution in [0.5, 0.6) is 0 Å². The Bertz CT molecular complexity index is 478. The molecule has 0 aromatic carbocycles. The number of hydrogen-bond donors (Lipinski definition) is 1. The predicted octanol–water partition coefficient (Wildman–Crippen LogP) is 1.30. The Morgan fingerprint density at radius 1 is 1.65 bits per heavy atom. The second kappa shape index (κ2) is 4.68. The number of aromatic nitrogens is 1. The number of halogens is 2. The Hall–Kier alpha value is -2.32. The number of esters is 1. The molecule has 2 N–H and O–H groups in total. The van der Waals surface area contributed by atoms with Crippen molar-refractivity contribution in [3.63, 3.8) is 0 Å². The van der Waals surface area contributed by atoms with Gasteiger partial charge in [0.05, 0.1) is 18.4 Å². The number of methoxy groups -OCH3 is 1. The molecule has 92 valence electrons. The first-order valence-corrected chi connectivity index (χ1v) is 4.19. The molecule has 9 heteroatoms. The van der Waals surface area contributed by atoms with Crippen LogP contribution in [0.3, 0.4) is 0 Å². The summed E-state index contributed by atoms with van der Waals surface area (Å²) in [6, 6.07) is 0. The second-order valence-corrected chi connectivity index (χ2v) is 2.88. The SMILES string of the molecule is COC(=O)c1c([N+](=O)[O-])ncc(N)c1C(F)F. The Labute approximate surface area is 93.3 Å². The first-order chi connectivity index (χ1) is 7.90. The van der Waals surface area contributed by atoms with E-state index in [0.717, 1.165) is 7.11 Å². The van der Waals surface area contributed by atoms with Crippen molar-refractivity contribution in [3.8, 4) is 0 Å². The molecule has 7 nitrogen and oxygen atoms in total. The lowest BCUT2D eigenvalue weighted by Gasteiger charge is -2.08. The van der Waals surface area contributed by atoms with Gasteiger partial charge in [0.15, 0.2) is 11.8 Å². The molecule has 0 spiro atoms. The highest BCUT2D eigenvalue weighted by molar-refractivity contribution is 5.96. The molecule has 0 amide bonds. The van der Waals surface area contributed by atoms with E-state index in [-0.39, 0.29) is 0 Å². The van der Waals surface area contributed by atoms with Gasteiger partial charge in [0, 0.05) is 0 Å². The summed E-state index contributed by atoms with van der Waals surface area (Å²) in [5.41, 5.74) is 2.83. The van der Waals surface area contributed by atoms with Crippen molar-refractivity contribution in [2.24, 2.45) is 0 Å². The molecule has 1 rings (SSSR count). The van der Waals surface area contributed by atoms with Crippen molar-refractivity contribution in [3.05, 3.63) is 27.4 Å². The van der Waals surface area contributed by atoms with Crippen molar-refractivity contribution in [1.82, 2.24) is 4.98 Å². The molecule has 0 saturated carbocycles. The van der Waals surface area contributed by atoms with Crippen molar-refractivity contribution in [2.75, 3.05) is 12.8 Å². The van der Waals surface area contributed by atoms with Gasteiger partial charge < -0.3 is 20.6 Å². The molecule has 1 heterocycles. The minimum absolute atomic E-state index is 0.508. The summed E-state index contributed by atoms with van der Waals surface area (Å²) in [5, 5.41) is 10.6. The molecule has 0 aliphatic rings. The lowest BCUT2D eigenvalue weighted by atomic mass is 10.1. The van der Waals surface area contributed by atoms with Crippen LogP contribution in [0.2, 0.25) is 0 Å². The van der Waals surface area contributed by atoms with Gasteiger partial charge in [0.1, 0.15) is 0 Å². The van der Waals surface area contributed by atoms with Crippen LogP contribution >= 0.6 is 0 Å². The first-order valence-electron chi connectivity index (χ1n) is 4.19. The number of pyridine rings is 1. The van der Waals surface area contributed by atoms with Crippen molar-refractivity contribution < 1.29 is 23.2 Å². The van der Waals surface area contributed by atoms with E-state index >= 15 is 0 Å². The Morgan fingerprint density at radius 2 is 2.24 bits per heavy atom. The average molecular weight is 247 g/mol. The molecule has 0 radical (unpaired) electrons. The highest BCUT2D eigenvalue weighted by Gasteiger charge is 2.32. The predicted molar refractivity (Wildman–Crippen MR) is 51.6 cm³/mol. The molecule has 1 aromatic heterocycles. The number of ether oxygens (including phenoxy) is 1. The Balaban J connectivity index is 3.61. The molecule has 1 aromatic rings. The molecular weight excluding hydrogens is 240 g/mol. The van der Waals surface area contributed by atoms with Crippen LogP contribution in [0.1, 0.15) is 22.3 Å². The molecule has 0 aliphatic carbocycles. The number of anilines is 1. The summed E-state index contributed by atoms with van der Waals surface area (Å²) in [5.74, 6) is -2.30. The molecule has 0 aliphatic heterocycles. The van der Waals surface area contributed by atoms with Gasteiger partial charge in [0.2, 0.25) is 0 Å². The van der Waals surface area contributed by atoms with Crippen LogP contribution in [0.4, 0.5) is 20.3 Å². The van der Waals surface area contributed by atoms with Gasteiger partial charge in [0.25, 0.3) is 6.43 Å². The van der Waals surface area contributed by atoms with Gasteiger partial charge in [-0.1, -0.05) is 0 Å². The lowest BCUT2D eigenvalue weighted by molar-refractivity contribution is -0.390. The van der Waals surface area contributed by atoms with E-state index in [0.29, 0.717) is 6.20 Å². The number of hydrogen-bond acceptors (Lipinski definition) is 6. The van der Waals surface area contributed by atoms with Gasteiger partial charge in [-0.3, -0.25) is 0 Å². The number of nitro groups is 1. The summed E-state index contributed by atoms with van der Waals surface area (Å²) >= 11 is 0. The Kier molecular flexibility index (Phi) is 3.51. The third kappa shape index (κ3) is 2.27. The van der Waals surface area contributed by atoms with Gasteiger partial charge in [-0.2, -0.15) is 0 Å². The summed E-state index contributed by atoms with van der Waals surface area (Å²) in [7, 11) is 0.907. The molecule has 0 bridgehead atoms.